The molecule has 0 aromatic carbocycles. The van der Waals surface area contributed by atoms with E-state index < -0.39 is 84.6 Å². The van der Waals surface area contributed by atoms with Gasteiger partial charge < -0.3 is 64.5 Å². The molecule has 1 aliphatic rings. The van der Waals surface area contributed by atoms with E-state index in [9.17, 15) is 57.9 Å². The third-order valence-corrected chi connectivity index (χ3v) is 11.7. The number of hydrogen-bond acceptors (Lipinski definition) is 21. The van der Waals surface area contributed by atoms with E-state index in [4.69, 9.17) is 10.5 Å². The standard InChI is InChI=1S/C27H46N7O17P3S.Li/c1-4-5-6-7-18(36)55-11-10-29-17(35)8-9-30-25(39)22(38)27(2,3)13-48-54(45,46)51-53(43,44)47-12-16-21(50-52(40,41)42)20(37)26(49-16)34-15-33-19-23(28)31-14-32-24(19)34;/h14-16,20-22,26,37-38H,4-13H2,1-3H3,(H,29,35)(H,30,39)(H,43,44)(H,45,46)(H2,28,31,32)(H2,40,41,42);/q;+1/p-3. The van der Waals surface area contributed by atoms with Crippen LogP contribution >= 0.6 is 35.2 Å². The van der Waals surface area contributed by atoms with E-state index in [1.54, 1.807) is 0 Å². The van der Waals surface area contributed by atoms with E-state index in [0.29, 0.717) is 12.2 Å². The van der Waals surface area contributed by atoms with Crippen LogP contribution in [0.4, 0.5) is 5.82 Å². The van der Waals surface area contributed by atoms with Gasteiger partial charge in [-0.15, -0.1) is 0 Å². The van der Waals surface area contributed by atoms with Gasteiger partial charge in [-0.2, -0.15) is 0 Å². The number of hydrogen-bond donors (Lipinski definition) is 6. The number of amides is 2. The summed E-state index contributed by atoms with van der Waals surface area (Å²) in [5.74, 6) is -1.13. The van der Waals surface area contributed by atoms with Crippen LogP contribution in [0.15, 0.2) is 12.7 Å². The van der Waals surface area contributed by atoms with Crippen molar-refractivity contribution >= 4 is 69.1 Å². The molecule has 3 rings (SSSR count). The number of nitrogens with one attached hydrogen (secondary N) is 2. The predicted octanol–water partition coefficient (Wildman–Crippen LogP) is -4.65. The van der Waals surface area contributed by atoms with Gasteiger partial charge in [-0.1, -0.05) is 45.4 Å². The third kappa shape index (κ3) is 15.7. The maximum absolute atomic E-state index is 12.5. The smallest absolute Gasteiger partial charge is 0.756 e. The van der Waals surface area contributed by atoms with Crippen molar-refractivity contribution in [2.24, 2.45) is 5.41 Å². The third-order valence-electron chi connectivity index (χ3n) is 7.73. The molecule has 1 saturated heterocycles. The predicted molar refractivity (Wildman–Crippen MR) is 185 cm³/mol. The molecule has 29 heteroatoms. The number of aliphatic hydroxyl groups excluding tert-OH is 2. The van der Waals surface area contributed by atoms with Crippen LogP contribution in [0, 0.1) is 5.41 Å². The molecule has 3 heterocycles. The Morgan fingerprint density at radius 2 is 1.75 bits per heavy atom. The fourth-order valence-corrected chi connectivity index (χ4v) is 8.33. The van der Waals surface area contributed by atoms with Crippen LogP contribution in [0.3, 0.4) is 0 Å². The molecular formula is C27H43LiN7O17P3S-2. The number of phosphoric ester groups is 3. The summed E-state index contributed by atoms with van der Waals surface area (Å²) in [4.78, 5) is 93.7. The Hall–Kier alpha value is -1.84. The van der Waals surface area contributed by atoms with Crippen LogP contribution in [-0.2, 0) is 50.7 Å². The first kappa shape index (κ1) is 50.3. The fraction of sp³-hybridized carbons (Fsp3) is 0.704. The average Bonchev–Trinajstić information content (AvgIpc) is 3.64. The summed E-state index contributed by atoms with van der Waals surface area (Å²) >= 11 is 1.11. The van der Waals surface area contributed by atoms with E-state index >= 15 is 0 Å². The molecule has 312 valence electrons. The van der Waals surface area contributed by atoms with Crippen molar-refractivity contribution in [2.45, 2.75) is 83.5 Å². The Morgan fingerprint density at radius 1 is 1.07 bits per heavy atom. The number of rotatable bonds is 23. The van der Waals surface area contributed by atoms with Crippen molar-refractivity contribution in [3.05, 3.63) is 12.7 Å². The van der Waals surface area contributed by atoms with E-state index in [0.717, 1.165) is 48.2 Å². The van der Waals surface area contributed by atoms with Crippen molar-refractivity contribution in [2.75, 3.05) is 37.8 Å². The monoisotopic (exact) mass is 869 g/mol. The Bertz CT molecular complexity index is 1790. The summed E-state index contributed by atoms with van der Waals surface area (Å²) in [6.07, 6.45) is -4.13. The van der Waals surface area contributed by atoms with Crippen LogP contribution in [-0.4, -0.2) is 108 Å². The van der Waals surface area contributed by atoms with Crippen LogP contribution in [0.25, 0.3) is 11.2 Å². The van der Waals surface area contributed by atoms with Crippen LogP contribution < -0.4 is 49.9 Å². The average molecular weight is 870 g/mol. The molecule has 2 aromatic rings. The minimum Gasteiger partial charge on any atom is -0.756 e. The number of anilines is 1. The topological polar surface area (TPSA) is 372 Å². The van der Waals surface area contributed by atoms with Gasteiger partial charge in [0.05, 0.1) is 19.5 Å². The number of nitrogen functional groups attached to an aromatic ring is 1. The van der Waals surface area contributed by atoms with Gasteiger partial charge in [-0.25, -0.2) is 19.3 Å². The van der Waals surface area contributed by atoms with E-state index in [2.05, 4.69) is 43.5 Å². The van der Waals surface area contributed by atoms with Gasteiger partial charge in [-0.05, 0) is 6.42 Å². The summed E-state index contributed by atoms with van der Waals surface area (Å²) < 4.78 is 60.8. The van der Waals surface area contributed by atoms with Crippen molar-refractivity contribution < 1.29 is 99.3 Å². The Labute approximate surface area is 337 Å². The summed E-state index contributed by atoms with van der Waals surface area (Å²) in [5.41, 5.74) is 4.12. The van der Waals surface area contributed by atoms with Crippen LogP contribution in [0.2, 0.25) is 0 Å². The molecule has 1 fully saturated rings. The summed E-state index contributed by atoms with van der Waals surface area (Å²) in [6.45, 7) is 2.23. The number of nitrogens with zero attached hydrogens (tertiary/aromatic N) is 4. The molecule has 2 amide bonds. The number of imidazole rings is 1. The maximum atomic E-state index is 12.5. The van der Waals surface area contributed by atoms with Crippen LogP contribution in [0.1, 0.15) is 59.1 Å². The molecule has 1 aliphatic heterocycles. The molecule has 0 spiro atoms. The second-order valence-electron chi connectivity index (χ2n) is 12.7. The van der Waals surface area contributed by atoms with Crippen molar-refractivity contribution in [1.29, 1.82) is 0 Å². The normalized spacial score (nSPS) is 22.3. The quantitative estimate of drug-likeness (QED) is 0.0347. The summed E-state index contributed by atoms with van der Waals surface area (Å²) in [5, 5.41) is 26.3. The molecule has 0 aliphatic carbocycles. The van der Waals surface area contributed by atoms with Crippen molar-refractivity contribution in [3.8, 4) is 0 Å². The molecule has 7 N–H and O–H groups in total. The molecular weight excluding hydrogens is 826 g/mol. The number of unbranched alkanes of at least 4 members (excludes halogenated alkanes) is 2. The molecule has 8 unspecified atom stereocenters. The number of aliphatic hydroxyl groups is 2. The number of nitrogens with two attached hydrogens (primary N) is 1. The van der Waals surface area contributed by atoms with Crippen molar-refractivity contribution in [1.82, 2.24) is 30.2 Å². The molecule has 56 heavy (non-hydrogen) atoms. The number of fused-ring (bicyclic) bond motifs is 1. The first-order chi connectivity index (χ1) is 25.6. The van der Waals surface area contributed by atoms with E-state index in [1.807, 2.05) is 6.92 Å². The van der Waals surface area contributed by atoms with E-state index in [1.165, 1.54) is 13.8 Å². The van der Waals surface area contributed by atoms with Gasteiger partial charge in [0, 0.05) is 37.1 Å². The summed E-state index contributed by atoms with van der Waals surface area (Å²) in [6, 6.07) is 0. The number of aromatic nitrogens is 4. The van der Waals surface area contributed by atoms with Crippen LogP contribution in [0.5, 0.6) is 0 Å². The number of ether oxygens (including phenoxy) is 1. The largest absolute Gasteiger partial charge is 1.00 e. The van der Waals surface area contributed by atoms with Gasteiger partial charge in [-0.3, -0.25) is 32.6 Å². The fourth-order valence-electron chi connectivity index (χ4n) is 4.87. The van der Waals surface area contributed by atoms with Crippen molar-refractivity contribution in [3.63, 3.8) is 0 Å². The second kappa shape index (κ2) is 22.0. The van der Waals surface area contributed by atoms with Gasteiger partial charge in [0.25, 0.3) is 23.5 Å². The molecule has 0 radical (unpaired) electrons. The minimum atomic E-state index is -5.89. The van der Waals surface area contributed by atoms with Gasteiger partial charge >= 0.3 is 18.9 Å². The van der Waals surface area contributed by atoms with Gasteiger partial charge in [0.1, 0.15) is 36.3 Å². The number of carbonyl (C=O) groups excluding carboxylic acids is 3. The first-order valence-corrected chi connectivity index (χ1v) is 22.0. The summed E-state index contributed by atoms with van der Waals surface area (Å²) in [7, 11) is -17.3. The first-order valence-electron chi connectivity index (χ1n) is 16.5. The zero-order valence-electron chi connectivity index (χ0n) is 30.8. The Balaban J connectivity index is 0.0000108. The zero-order valence-corrected chi connectivity index (χ0v) is 34.3. The zero-order chi connectivity index (χ0) is 41.2. The molecule has 0 bridgehead atoms. The number of thioether (sulfide) groups is 1. The Kier molecular flexibility index (Phi) is 19.7. The maximum Gasteiger partial charge on any atom is 1.00 e. The molecule has 0 saturated carbocycles. The molecule has 24 nitrogen and oxygen atoms in total. The molecule has 2 aromatic heterocycles. The second-order valence-corrected chi connectivity index (χ2v) is 17.9. The van der Waals surface area contributed by atoms with Gasteiger partial charge in [0.2, 0.25) is 11.8 Å². The van der Waals surface area contributed by atoms with E-state index in [-0.39, 0.29) is 60.5 Å². The molecule has 8 atom stereocenters. The number of phosphoric acid groups is 3. The SMILES string of the molecule is CCCCCC(=O)SCCNC(=O)CCNC(=O)C(O)C(C)(C)COP(=O)([O-])OP(=O)([O-])OCC1OC(n2cnc3c(N)ncnc32)C(O)C1OP(=O)([O-])O.[Li+]. The van der Waals surface area contributed by atoms with Gasteiger partial charge in [0.15, 0.2) is 22.8 Å². The number of carbonyl (C=O) groups is 3. The minimum absolute atomic E-state index is 0. The Morgan fingerprint density at radius 3 is 2.41 bits per heavy atom.